The van der Waals surface area contributed by atoms with Gasteiger partial charge >= 0.3 is 0 Å². The molecule has 112 valence electrons. The van der Waals surface area contributed by atoms with Gasteiger partial charge in [-0.25, -0.2) is 4.98 Å². The average Bonchev–Trinajstić information content (AvgIpc) is 3.06. The highest BCUT2D eigenvalue weighted by molar-refractivity contribution is 6.33. The van der Waals surface area contributed by atoms with E-state index in [0.717, 1.165) is 5.56 Å². The number of ether oxygens (including phenoxy) is 2. The number of nitrogens with zero attached hydrogens (tertiary/aromatic N) is 4. The van der Waals surface area contributed by atoms with Crippen molar-refractivity contribution in [1.29, 1.82) is 0 Å². The minimum absolute atomic E-state index is 0.0935. The standard InChI is InChI=1S/C13H9Cl2N5O2/c14-7-2-9-8(21-5-22-9)1-6(7)3-20-4-17-10-11(15)18-13(16)19-12(10)20/h1-2,4H,3,5H2,(H2,16,18,19). The second kappa shape index (κ2) is 4.89. The Hall–Kier alpha value is -2.25. The molecule has 22 heavy (non-hydrogen) atoms. The van der Waals surface area contributed by atoms with Gasteiger partial charge in [0.2, 0.25) is 12.7 Å². The summed E-state index contributed by atoms with van der Waals surface area (Å²) in [6, 6.07) is 3.57. The molecule has 9 heteroatoms. The third-order valence-corrected chi connectivity index (χ3v) is 3.94. The van der Waals surface area contributed by atoms with Gasteiger partial charge in [0.15, 0.2) is 22.3 Å². The molecule has 0 unspecified atom stereocenters. The van der Waals surface area contributed by atoms with Crippen LogP contribution < -0.4 is 15.2 Å². The predicted octanol–water partition coefficient (Wildman–Crippen LogP) is 2.49. The summed E-state index contributed by atoms with van der Waals surface area (Å²) in [6.07, 6.45) is 1.62. The molecule has 2 aromatic heterocycles. The van der Waals surface area contributed by atoms with E-state index >= 15 is 0 Å². The Morgan fingerprint density at radius 2 is 1.95 bits per heavy atom. The van der Waals surface area contributed by atoms with Crippen LogP contribution in [0.5, 0.6) is 11.5 Å². The van der Waals surface area contributed by atoms with Gasteiger partial charge in [-0.1, -0.05) is 23.2 Å². The summed E-state index contributed by atoms with van der Waals surface area (Å²) < 4.78 is 12.5. The third-order valence-electron chi connectivity index (χ3n) is 3.32. The van der Waals surface area contributed by atoms with E-state index in [4.69, 9.17) is 38.4 Å². The lowest BCUT2D eigenvalue weighted by Gasteiger charge is -2.08. The molecule has 1 aromatic carbocycles. The summed E-state index contributed by atoms with van der Waals surface area (Å²) >= 11 is 12.3. The molecular weight excluding hydrogens is 329 g/mol. The predicted molar refractivity (Wildman–Crippen MR) is 81.4 cm³/mol. The summed E-state index contributed by atoms with van der Waals surface area (Å²) in [5.41, 5.74) is 7.53. The Balaban J connectivity index is 1.78. The fourth-order valence-electron chi connectivity index (χ4n) is 2.31. The van der Waals surface area contributed by atoms with Crippen molar-refractivity contribution >= 4 is 40.3 Å². The summed E-state index contributed by atoms with van der Waals surface area (Å²) in [4.78, 5) is 12.3. The van der Waals surface area contributed by atoms with Crippen molar-refractivity contribution in [3.63, 3.8) is 0 Å². The Kier molecular flexibility index (Phi) is 2.98. The molecule has 0 amide bonds. The Morgan fingerprint density at radius 1 is 1.18 bits per heavy atom. The summed E-state index contributed by atoms with van der Waals surface area (Å²) in [6.45, 7) is 0.640. The number of hydrogen-bond donors (Lipinski definition) is 1. The van der Waals surface area contributed by atoms with Gasteiger partial charge in [0.25, 0.3) is 0 Å². The number of imidazole rings is 1. The molecule has 0 saturated carbocycles. The van der Waals surface area contributed by atoms with Crippen LogP contribution in [-0.2, 0) is 6.54 Å². The van der Waals surface area contributed by atoms with Crippen LogP contribution in [0.15, 0.2) is 18.5 Å². The maximum absolute atomic E-state index is 6.29. The van der Waals surface area contributed by atoms with Crippen LogP contribution in [0.2, 0.25) is 10.2 Å². The van der Waals surface area contributed by atoms with Crippen LogP contribution in [0, 0.1) is 0 Å². The molecular formula is C13H9Cl2N5O2. The first-order chi connectivity index (χ1) is 10.6. The molecule has 0 fully saturated rings. The van der Waals surface area contributed by atoms with Gasteiger partial charge in [-0.3, -0.25) is 0 Å². The SMILES string of the molecule is Nc1nc(Cl)c2ncn(Cc3cc4c(cc3Cl)OCO4)c2n1. The van der Waals surface area contributed by atoms with Crippen LogP contribution in [-0.4, -0.2) is 26.3 Å². The van der Waals surface area contributed by atoms with Crippen molar-refractivity contribution in [1.82, 2.24) is 19.5 Å². The van der Waals surface area contributed by atoms with E-state index in [-0.39, 0.29) is 17.9 Å². The number of halogens is 2. The van der Waals surface area contributed by atoms with Gasteiger partial charge in [0, 0.05) is 11.1 Å². The zero-order chi connectivity index (χ0) is 15.3. The third kappa shape index (κ3) is 2.10. The molecule has 2 N–H and O–H groups in total. The number of rotatable bonds is 2. The lowest BCUT2D eigenvalue weighted by atomic mass is 10.2. The summed E-state index contributed by atoms with van der Waals surface area (Å²) in [5, 5.41) is 0.789. The van der Waals surface area contributed by atoms with Crippen molar-refractivity contribution in [2.75, 3.05) is 12.5 Å². The number of anilines is 1. The fourth-order valence-corrected chi connectivity index (χ4v) is 2.74. The van der Waals surface area contributed by atoms with E-state index in [0.29, 0.717) is 34.2 Å². The van der Waals surface area contributed by atoms with Gasteiger partial charge in [-0.05, 0) is 11.6 Å². The van der Waals surface area contributed by atoms with Crippen LogP contribution in [0.1, 0.15) is 5.56 Å². The molecule has 4 rings (SSSR count). The van der Waals surface area contributed by atoms with Crippen LogP contribution in [0.25, 0.3) is 11.2 Å². The van der Waals surface area contributed by atoms with Crippen molar-refractivity contribution in [2.24, 2.45) is 0 Å². The topological polar surface area (TPSA) is 88.1 Å². The molecule has 0 bridgehead atoms. The summed E-state index contributed by atoms with van der Waals surface area (Å²) in [5.74, 6) is 1.39. The van der Waals surface area contributed by atoms with E-state index in [1.807, 2.05) is 6.07 Å². The number of hydrogen-bond acceptors (Lipinski definition) is 6. The minimum Gasteiger partial charge on any atom is -0.454 e. The van der Waals surface area contributed by atoms with Gasteiger partial charge < -0.3 is 19.8 Å². The summed E-state index contributed by atoms with van der Waals surface area (Å²) in [7, 11) is 0. The van der Waals surface area contributed by atoms with E-state index in [1.54, 1.807) is 17.0 Å². The molecule has 0 spiro atoms. The van der Waals surface area contributed by atoms with Crippen molar-refractivity contribution < 1.29 is 9.47 Å². The second-order valence-corrected chi connectivity index (χ2v) is 5.48. The molecule has 0 radical (unpaired) electrons. The first-order valence-corrected chi connectivity index (χ1v) is 7.09. The first-order valence-electron chi connectivity index (χ1n) is 6.33. The average molecular weight is 338 g/mol. The van der Waals surface area contributed by atoms with E-state index < -0.39 is 0 Å². The number of benzene rings is 1. The van der Waals surface area contributed by atoms with E-state index in [9.17, 15) is 0 Å². The highest BCUT2D eigenvalue weighted by Crippen LogP contribution is 2.37. The Bertz CT molecular complexity index is 896. The van der Waals surface area contributed by atoms with Gasteiger partial charge in [0.05, 0.1) is 12.9 Å². The molecule has 0 saturated heterocycles. The van der Waals surface area contributed by atoms with Gasteiger partial charge in [0.1, 0.15) is 5.52 Å². The molecule has 0 aliphatic carbocycles. The minimum atomic E-state index is 0.0935. The second-order valence-electron chi connectivity index (χ2n) is 4.71. The smallest absolute Gasteiger partial charge is 0.231 e. The highest BCUT2D eigenvalue weighted by atomic mass is 35.5. The van der Waals surface area contributed by atoms with E-state index in [2.05, 4.69) is 15.0 Å². The molecule has 7 nitrogen and oxygen atoms in total. The quantitative estimate of drug-likeness (QED) is 0.722. The van der Waals surface area contributed by atoms with Crippen molar-refractivity contribution in [3.8, 4) is 11.5 Å². The molecule has 3 heterocycles. The highest BCUT2D eigenvalue weighted by Gasteiger charge is 2.18. The van der Waals surface area contributed by atoms with Crippen LogP contribution in [0.4, 0.5) is 5.95 Å². The Labute approximate surface area is 134 Å². The molecule has 3 aromatic rings. The molecule has 1 aliphatic heterocycles. The van der Waals surface area contributed by atoms with Crippen LogP contribution >= 0.6 is 23.2 Å². The van der Waals surface area contributed by atoms with Gasteiger partial charge in [-0.2, -0.15) is 9.97 Å². The monoisotopic (exact) mass is 337 g/mol. The lowest BCUT2D eigenvalue weighted by molar-refractivity contribution is 0.174. The number of aromatic nitrogens is 4. The number of fused-ring (bicyclic) bond motifs is 2. The molecule has 1 aliphatic rings. The normalized spacial score (nSPS) is 13.0. The van der Waals surface area contributed by atoms with Crippen molar-refractivity contribution in [3.05, 3.63) is 34.2 Å². The van der Waals surface area contributed by atoms with Crippen LogP contribution in [0.3, 0.4) is 0 Å². The first kappa shape index (κ1) is 13.4. The Morgan fingerprint density at radius 3 is 2.77 bits per heavy atom. The zero-order valence-corrected chi connectivity index (χ0v) is 12.6. The maximum atomic E-state index is 6.29. The number of nitrogens with two attached hydrogens (primary N) is 1. The zero-order valence-electron chi connectivity index (χ0n) is 11.1. The largest absolute Gasteiger partial charge is 0.454 e. The fraction of sp³-hybridized carbons (Fsp3) is 0.154. The maximum Gasteiger partial charge on any atom is 0.231 e. The number of nitrogen functional groups attached to an aromatic ring is 1. The molecule has 0 atom stereocenters. The van der Waals surface area contributed by atoms with Crippen molar-refractivity contribution in [2.45, 2.75) is 6.54 Å². The van der Waals surface area contributed by atoms with E-state index in [1.165, 1.54) is 0 Å². The lowest BCUT2D eigenvalue weighted by Crippen LogP contribution is -2.03. The van der Waals surface area contributed by atoms with Gasteiger partial charge in [-0.15, -0.1) is 0 Å².